The zero-order chi connectivity index (χ0) is 20.9. The molecule has 0 radical (unpaired) electrons. The van der Waals surface area contributed by atoms with Crippen molar-refractivity contribution in [2.75, 3.05) is 19.8 Å². The Bertz CT molecular complexity index is 549. The van der Waals surface area contributed by atoms with E-state index in [2.05, 4.69) is 18.5 Å². The van der Waals surface area contributed by atoms with Crippen LogP contribution in [0.1, 0.15) is 51.9 Å². The van der Waals surface area contributed by atoms with Crippen molar-refractivity contribution >= 4 is 17.8 Å². The van der Waals surface area contributed by atoms with Gasteiger partial charge in [-0.15, -0.1) is 13.2 Å². The van der Waals surface area contributed by atoms with Gasteiger partial charge in [0, 0.05) is 25.4 Å². The van der Waals surface area contributed by atoms with Gasteiger partial charge in [-0.1, -0.05) is 12.2 Å². The number of nitrogens with zero attached hydrogens (tertiary/aromatic N) is 1. The second-order valence-corrected chi connectivity index (χ2v) is 7.27. The number of nitrogens with one attached hydrogen (secondary N) is 1. The largest absolute Gasteiger partial charge is 0.463 e. The van der Waals surface area contributed by atoms with Crippen molar-refractivity contribution in [3.63, 3.8) is 0 Å². The molecule has 1 fully saturated rings. The molecule has 0 aliphatic carbocycles. The molecule has 0 aromatic heterocycles. The van der Waals surface area contributed by atoms with E-state index in [1.54, 1.807) is 24.0 Å². The van der Waals surface area contributed by atoms with Gasteiger partial charge in [0.25, 0.3) is 0 Å². The highest BCUT2D eigenvalue weighted by atomic mass is 16.5. The number of carbonyl (C=O) groups is 3. The number of amides is 2. The van der Waals surface area contributed by atoms with Crippen LogP contribution in [0, 0.1) is 5.92 Å². The van der Waals surface area contributed by atoms with E-state index in [-0.39, 0.29) is 49.5 Å². The van der Waals surface area contributed by atoms with Crippen LogP contribution in [0.5, 0.6) is 0 Å². The Morgan fingerprint density at radius 3 is 2.71 bits per heavy atom. The molecular formula is C21H34N2O5. The first-order valence-electron chi connectivity index (χ1n) is 10.0. The SMILES string of the molecule is C=CCCCC(=O)OCC1CCCN1C(=O)C(CC=C)CC(=O)NC(C)CO. The van der Waals surface area contributed by atoms with Gasteiger partial charge in [0.2, 0.25) is 11.8 Å². The molecule has 1 heterocycles. The van der Waals surface area contributed by atoms with Gasteiger partial charge in [-0.2, -0.15) is 0 Å². The number of rotatable bonds is 13. The fourth-order valence-corrected chi connectivity index (χ4v) is 3.26. The Hall–Kier alpha value is -2.15. The van der Waals surface area contributed by atoms with Crippen molar-refractivity contribution in [3.8, 4) is 0 Å². The van der Waals surface area contributed by atoms with Gasteiger partial charge in [-0.3, -0.25) is 14.4 Å². The zero-order valence-corrected chi connectivity index (χ0v) is 16.9. The molecule has 158 valence electrons. The van der Waals surface area contributed by atoms with Gasteiger partial charge in [0.1, 0.15) is 6.61 Å². The molecule has 1 rings (SSSR count). The number of allylic oxidation sites excluding steroid dienone is 2. The summed E-state index contributed by atoms with van der Waals surface area (Å²) >= 11 is 0. The first-order valence-corrected chi connectivity index (χ1v) is 10.0. The van der Waals surface area contributed by atoms with Gasteiger partial charge in [0.15, 0.2) is 0 Å². The summed E-state index contributed by atoms with van der Waals surface area (Å²) in [5.41, 5.74) is 0. The Balaban J connectivity index is 2.61. The van der Waals surface area contributed by atoms with E-state index in [1.165, 1.54) is 0 Å². The summed E-state index contributed by atoms with van der Waals surface area (Å²) in [6, 6.07) is -0.505. The molecule has 0 aromatic carbocycles. The molecule has 1 aliphatic rings. The van der Waals surface area contributed by atoms with E-state index in [9.17, 15) is 14.4 Å². The van der Waals surface area contributed by atoms with E-state index < -0.39 is 5.92 Å². The highest BCUT2D eigenvalue weighted by Gasteiger charge is 2.34. The van der Waals surface area contributed by atoms with Crippen LogP contribution in [0.2, 0.25) is 0 Å². The minimum absolute atomic E-state index is 0.0414. The second-order valence-electron chi connectivity index (χ2n) is 7.27. The smallest absolute Gasteiger partial charge is 0.305 e. The topological polar surface area (TPSA) is 95.9 Å². The third kappa shape index (κ3) is 8.25. The fraction of sp³-hybridized carbons (Fsp3) is 0.667. The molecule has 3 unspecified atom stereocenters. The van der Waals surface area contributed by atoms with Crippen molar-refractivity contribution in [2.45, 2.75) is 64.0 Å². The molecule has 0 saturated carbocycles. The average Bonchev–Trinajstić information content (AvgIpc) is 3.14. The quantitative estimate of drug-likeness (QED) is 0.283. The van der Waals surface area contributed by atoms with Crippen molar-refractivity contribution in [2.24, 2.45) is 5.92 Å². The summed E-state index contributed by atoms with van der Waals surface area (Å²) in [4.78, 5) is 38.7. The maximum atomic E-state index is 13.0. The predicted octanol–water partition coefficient (Wildman–Crippen LogP) is 1.96. The normalized spacial score (nSPS) is 18.2. The number of ether oxygens (including phenoxy) is 1. The summed E-state index contributed by atoms with van der Waals surface area (Å²) < 4.78 is 5.35. The van der Waals surface area contributed by atoms with Crippen LogP contribution in [0.15, 0.2) is 25.3 Å². The minimum Gasteiger partial charge on any atom is -0.463 e. The van der Waals surface area contributed by atoms with E-state index >= 15 is 0 Å². The third-order valence-corrected chi connectivity index (χ3v) is 4.80. The number of esters is 1. The molecule has 1 aliphatic heterocycles. The van der Waals surface area contributed by atoms with Crippen LogP contribution in [-0.4, -0.2) is 59.6 Å². The first-order chi connectivity index (χ1) is 13.4. The lowest BCUT2D eigenvalue weighted by Gasteiger charge is -2.28. The number of hydrogen-bond donors (Lipinski definition) is 2. The van der Waals surface area contributed by atoms with E-state index in [1.807, 2.05) is 0 Å². The van der Waals surface area contributed by atoms with Gasteiger partial charge in [0.05, 0.1) is 18.6 Å². The summed E-state index contributed by atoms with van der Waals surface area (Å²) in [6.07, 6.45) is 7.28. The Morgan fingerprint density at radius 1 is 1.32 bits per heavy atom. The van der Waals surface area contributed by atoms with Gasteiger partial charge in [-0.05, 0) is 39.0 Å². The number of likely N-dealkylation sites (tertiary alicyclic amines) is 1. The van der Waals surface area contributed by atoms with Crippen LogP contribution in [0.4, 0.5) is 0 Å². The molecule has 0 bridgehead atoms. The fourth-order valence-electron chi connectivity index (χ4n) is 3.26. The standard InChI is InChI=1S/C21H34N2O5/c1-4-6-7-11-20(26)28-15-18-10-8-12-23(18)21(27)17(9-5-2)13-19(25)22-16(3)14-24/h4-5,16-18,24H,1-2,6-15H2,3H3,(H,22,25). The number of aliphatic hydroxyl groups is 1. The Morgan fingerprint density at radius 2 is 2.07 bits per heavy atom. The number of aliphatic hydroxyl groups excluding tert-OH is 1. The highest BCUT2D eigenvalue weighted by molar-refractivity contribution is 5.86. The number of carbonyl (C=O) groups excluding carboxylic acids is 3. The van der Waals surface area contributed by atoms with Crippen LogP contribution in [0.3, 0.4) is 0 Å². The molecule has 7 heteroatoms. The zero-order valence-electron chi connectivity index (χ0n) is 16.9. The summed E-state index contributed by atoms with van der Waals surface area (Å²) in [5.74, 6) is -1.16. The van der Waals surface area contributed by atoms with E-state index in [4.69, 9.17) is 9.84 Å². The minimum atomic E-state index is -0.507. The Labute approximate surface area is 167 Å². The summed E-state index contributed by atoms with van der Waals surface area (Å²) in [7, 11) is 0. The highest BCUT2D eigenvalue weighted by Crippen LogP contribution is 2.23. The first kappa shape index (κ1) is 23.9. The third-order valence-electron chi connectivity index (χ3n) is 4.80. The van der Waals surface area contributed by atoms with Crippen molar-refractivity contribution in [1.82, 2.24) is 10.2 Å². The van der Waals surface area contributed by atoms with Crippen LogP contribution < -0.4 is 5.32 Å². The van der Waals surface area contributed by atoms with Gasteiger partial charge >= 0.3 is 5.97 Å². The molecule has 0 spiro atoms. The lowest BCUT2D eigenvalue weighted by atomic mass is 9.98. The maximum Gasteiger partial charge on any atom is 0.305 e. The molecule has 0 aromatic rings. The summed E-state index contributed by atoms with van der Waals surface area (Å²) in [5, 5.41) is 11.7. The molecule has 1 saturated heterocycles. The van der Waals surface area contributed by atoms with Gasteiger partial charge in [-0.25, -0.2) is 0 Å². The van der Waals surface area contributed by atoms with Crippen LogP contribution in [-0.2, 0) is 19.1 Å². The Kier molecular flexibility index (Phi) is 11.2. The molecule has 3 atom stereocenters. The number of unbranched alkanes of at least 4 members (excludes halogenated alkanes) is 1. The molecule has 28 heavy (non-hydrogen) atoms. The van der Waals surface area contributed by atoms with E-state index in [0.29, 0.717) is 25.8 Å². The summed E-state index contributed by atoms with van der Waals surface area (Å²) in [6.45, 7) is 9.64. The van der Waals surface area contributed by atoms with Crippen LogP contribution in [0.25, 0.3) is 0 Å². The monoisotopic (exact) mass is 394 g/mol. The molecule has 7 nitrogen and oxygen atoms in total. The lowest BCUT2D eigenvalue weighted by Crippen LogP contribution is -2.44. The number of hydrogen-bond acceptors (Lipinski definition) is 5. The molecule has 2 N–H and O–H groups in total. The van der Waals surface area contributed by atoms with Crippen LogP contribution >= 0.6 is 0 Å². The van der Waals surface area contributed by atoms with E-state index in [0.717, 1.165) is 19.3 Å². The lowest BCUT2D eigenvalue weighted by molar-refractivity contribution is -0.148. The van der Waals surface area contributed by atoms with Crippen molar-refractivity contribution in [3.05, 3.63) is 25.3 Å². The van der Waals surface area contributed by atoms with Crippen molar-refractivity contribution < 1.29 is 24.2 Å². The maximum absolute atomic E-state index is 13.0. The van der Waals surface area contributed by atoms with Gasteiger partial charge < -0.3 is 20.1 Å². The molecule has 2 amide bonds. The predicted molar refractivity (Wildman–Crippen MR) is 107 cm³/mol. The average molecular weight is 395 g/mol. The van der Waals surface area contributed by atoms with Crippen molar-refractivity contribution in [1.29, 1.82) is 0 Å². The second kappa shape index (κ2) is 13.1. The molecular weight excluding hydrogens is 360 g/mol.